The molecule has 0 aliphatic carbocycles. The SMILES string of the molecule is COC(=O)[C@H](Cc1ccccc1)NC(=O)CC(NNC(=O)[C@H](CCCCNC(=O)OCc1ccccc1)NC(=O)Cc1cc(OC)ccc1OC)C(F)(F)F. The summed E-state index contributed by atoms with van der Waals surface area (Å²) in [7, 11) is 3.94. The molecule has 4 amide bonds. The molecule has 3 aromatic carbocycles. The quantitative estimate of drug-likeness (QED) is 0.0609. The number of carbonyl (C=O) groups is 5. The van der Waals surface area contributed by atoms with E-state index >= 15 is 0 Å². The van der Waals surface area contributed by atoms with Crippen molar-refractivity contribution in [2.45, 2.75) is 69.4 Å². The molecule has 0 aliphatic rings. The summed E-state index contributed by atoms with van der Waals surface area (Å²) in [5.74, 6) is -2.85. The lowest BCUT2D eigenvalue weighted by Gasteiger charge is -2.25. The van der Waals surface area contributed by atoms with E-state index in [1.165, 1.54) is 14.2 Å². The highest BCUT2D eigenvalue weighted by molar-refractivity contribution is 5.88. The van der Waals surface area contributed by atoms with Gasteiger partial charge in [0.15, 0.2) is 0 Å². The van der Waals surface area contributed by atoms with Gasteiger partial charge in [0.1, 0.15) is 36.2 Å². The van der Waals surface area contributed by atoms with Gasteiger partial charge in [0.05, 0.1) is 34.2 Å². The lowest BCUT2D eigenvalue weighted by molar-refractivity contribution is -0.165. The minimum Gasteiger partial charge on any atom is -0.497 e. The second-order valence-corrected chi connectivity index (χ2v) is 12.2. The molecule has 3 atom stereocenters. The molecule has 0 heterocycles. The maximum atomic E-state index is 14.1. The van der Waals surface area contributed by atoms with Crippen LogP contribution in [0.15, 0.2) is 78.9 Å². The third-order valence-corrected chi connectivity index (χ3v) is 8.15. The van der Waals surface area contributed by atoms with Crippen molar-refractivity contribution in [1.82, 2.24) is 26.8 Å². The van der Waals surface area contributed by atoms with Crippen molar-refractivity contribution in [2.24, 2.45) is 0 Å². The molecule has 0 saturated heterocycles. The lowest BCUT2D eigenvalue weighted by atomic mass is 10.1. The summed E-state index contributed by atoms with van der Waals surface area (Å²) < 4.78 is 62.8. The van der Waals surface area contributed by atoms with E-state index in [0.717, 1.165) is 12.7 Å². The number of hydrogen-bond acceptors (Lipinski definition) is 10. The number of alkyl halides is 3. The Bertz CT molecular complexity index is 1700. The Labute approximate surface area is 316 Å². The molecule has 298 valence electrons. The molecule has 5 N–H and O–H groups in total. The molecule has 1 unspecified atom stereocenters. The predicted octanol–water partition coefficient (Wildman–Crippen LogP) is 3.67. The minimum atomic E-state index is -5.02. The number of benzene rings is 3. The Hall–Kier alpha value is -5.84. The van der Waals surface area contributed by atoms with Crippen molar-refractivity contribution in [3.8, 4) is 11.5 Å². The van der Waals surface area contributed by atoms with Crippen LogP contribution in [0.1, 0.15) is 42.4 Å². The zero-order chi connectivity index (χ0) is 40.2. The van der Waals surface area contributed by atoms with Crippen LogP contribution in [0.4, 0.5) is 18.0 Å². The van der Waals surface area contributed by atoms with Gasteiger partial charge >= 0.3 is 18.2 Å². The third kappa shape index (κ3) is 15.6. The molecule has 0 saturated carbocycles. The number of rotatable bonds is 21. The van der Waals surface area contributed by atoms with Gasteiger partial charge in [0, 0.05) is 18.5 Å². The van der Waals surface area contributed by atoms with E-state index in [0.29, 0.717) is 29.0 Å². The molecule has 0 fully saturated rings. The summed E-state index contributed by atoms with van der Waals surface area (Å²) in [5.41, 5.74) is 5.72. The minimum absolute atomic E-state index is 0.0342. The first-order valence-electron chi connectivity index (χ1n) is 17.3. The van der Waals surface area contributed by atoms with Crippen molar-refractivity contribution in [3.63, 3.8) is 0 Å². The number of esters is 1. The van der Waals surface area contributed by atoms with Crippen molar-refractivity contribution >= 4 is 29.8 Å². The normalized spacial score (nSPS) is 12.6. The Morgan fingerprint density at radius 1 is 0.764 bits per heavy atom. The molecular weight excluding hydrogens is 727 g/mol. The molecule has 0 aliphatic heterocycles. The highest BCUT2D eigenvalue weighted by Crippen LogP contribution is 2.25. The van der Waals surface area contributed by atoms with E-state index < -0.39 is 60.5 Å². The largest absolute Gasteiger partial charge is 0.497 e. The zero-order valence-electron chi connectivity index (χ0n) is 30.7. The van der Waals surface area contributed by atoms with Crippen LogP contribution in [-0.2, 0) is 48.1 Å². The fraction of sp³-hybridized carbons (Fsp3) is 0.395. The van der Waals surface area contributed by atoms with Gasteiger partial charge in [-0.05, 0) is 48.6 Å². The second-order valence-electron chi connectivity index (χ2n) is 12.2. The number of unbranched alkanes of at least 4 members (excludes halogenated alkanes) is 1. The third-order valence-electron chi connectivity index (χ3n) is 8.15. The Balaban J connectivity index is 1.64. The Morgan fingerprint density at radius 2 is 1.42 bits per heavy atom. The molecule has 0 bridgehead atoms. The maximum Gasteiger partial charge on any atom is 0.407 e. The molecular formula is C38H46F3N5O9. The number of methoxy groups -OCH3 is 3. The molecule has 0 radical (unpaired) electrons. The number of nitrogens with one attached hydrogen (secondary N) is 5. The molecule has 0 spiro atoms. The monoisotopic (exact) mass is 773 g/mol. The van der Waals surface area contributed by atoms with Crippen molar-refractivity contribution in [1.29, 1.82) is 0 Å². The highest BCUT2D eigenvalue weighted by Gasteiger charge is 2.42. The first kappa shape index (κ1) is 43.6. The number of hydrazine groups is 1. The van der Waals surface area contributed by atoms with E-state index in [-0.39, 0.29) is 38.8 Å². The molecule has 14 nitrogen and oxygen atoms in total. The van der Waals surface area contributed by atoms with Gasteiger partial charge in [-0.1, -0.05) is 60.7 Å². The second kappa shape index (κ2) is 22.4. The number of amides is 4. The van der Waals surface area contributed by atoms with Crippen LogP contribution in [0.5, 0.6) is 11.5 Å². The van der Waals surface area contributed by atoms with Gasteiger partial charge in [-0.3, -0.25) is 19.8 Å². The molecule has 55 heavy (non-hydrogen) atoms. The van der Waals surface area contributed by atoms with E-state index in [2.05, 4.69) is 16.0 Å². The van der Waals surface area contributed by atoms with Crippen LogP contribution in [0.3, 0.4) is 0 Å². The average Bonchev–Trinajstić information content (AvgIpc) is 3.17. The van der Waals surface area contributed by atoms with Crippen LogP contribution in [-0.4, -0.2) is 82.0 Å². The topological polar surface area (TPSA) is 182 Å². The number of halogens is 3. The molecule has 3 aromatic rings. The van der Waals surface area contributed by atoms with Gasteiger partial charge in [0.2, 0.25) is 11.8 Å². The zero-order valence-corrected chi connectivity index (χ0v) is 30.7. The summed E-state index contributed by atoms with van der Waals surface area (Å²) in [6, 6.07) is 17.1. The van der Waals surface area contributed by atoms with Gasteiger partial charge in [-0.25, -0.2) is 15.0 Å². The molecule has 0 aromatic heterocycles. The fourth-order valence-electron chi connectivity index (χ4n) is 5.26. The average molecular weight is 774 g/mol. The van der Waals surface area contributed by atoms with Crippen molar-refractivity contribution in [2.75, 3.05) is 27.9 Å². The highest BCUT2D eigenvalue weighted by atomic mass is 19.4. The van der Waals surface area contributed by atoms with Crippen molar-refractivity contribution < 1.29 is 56.1 Å². The Kier molecular flexibility index (Phi) is 17.7. The number of alkyl carbamates (subject to hydrolysis) is 1. The number of ether oxygens (including phenoxy) is 4. The fourth-order valence-corrected chi connectivity index (χ4v) is 5.26. The first-order chi connectivity index (χ1) is 26.3. The standard InChI is InChI=1S/C38H46F3N5O9/c1-52-28-17-18-31(53-2)27(21-28)22-33(47)43-29(16-10-11-19-42-37(51)55-24-26-14-8-5-9-15-26)35(49)46-45-32(38(39,40)41)23-34(48)44-30(36(50)54-3)20-25-12-6-4-7-13-25/h4-9,12-15,17-18,21,29-30,32,45H,10-11,16,19-20,22-24H2,1-3H3,(H,42,51)(H,43,47)(H,44,48)(H,46,49)/t29-,30-,32?/m0/s1. The molecule has 3 rings (SSSR count). The van der Waals surface area contributed by atoms with Crippen molar-refractivity contribution in [3.05, 3.63) is 95.6 Å². The van der Waals surface area contributed by atoms with E-state index in [9.17, 15) is 37.1 Å². The van der Waals surface area contributed by atoms with Gasteiger partial charge < -0.3 is 34.9 Å². The van der Waals surface area contributed by atoms with Crippen LogP contribution < -0.4 is 36.3 Å². The van der Waals surface area contributed by atoms with Crippen LogP contribution in [0.2, 0.25) is 0 Å². The summed E-state index contributed by atoms with van der Waals surface area (Å²) >= 11 is 0. The smallest absolute Gasteiger partial charge is 0.407 e. The van der Waals surface area contributed by atoms with E-state index in [4.69, 9.17) is 18.9 Å². The summed E-state index contributed by atoms with van der Waals surface area (Å²) in [6.45, 7) is 0.212. The number of hydrogen-bond donors (Lipinski definition) is 5. The van der Waals surface area contributed by atoms with Crippen LogP contribution in [0, 0.1) is 0 Å². The molecule has 17 heteroatoms. The summed E-state index contributed by atoms with van der Waals surface area (Å²) in [5, 5.41) is 7.42. The predicted molar refractivity (Wildman–Crippen MR) is 193 cm³/mol. The summed E-state index contributed by atoms with van der Waals surface area (Å²) in [6.07, 6.45) is -6.64. The first-order valence-corrected chi connectivity index (χ1v) is 17.3. The van der Waals surface area contributed by atoms with Gasteiger partial charge in [-0.2, -0.15) is 13.2 Å². The summed E-state index contributed by atoms with van der Waals surface area (Å²) in [4.78, 5) is 63.7. The lowest BCUT2D eigenvalue weighted by Crippen LogP contribution is -2.58. The number of carbonyl (C=O) groups excluding carboxylic acids is 5. The van der Waals surface area contributed by atoms with E-state index in [1.807, 2.05) is 16.9 Å². The van der Waals surface area contributed by atoms with Crippen LogP contribution >= 0.6 is 0 Å². The Morgan fingerprint density at radius 3 is 2.04 bits per heavy atom. The maximum absolute atomic E-state index is 14.1. The van der Waals surface area contributed by atoms with Crippen LogP contribution in [0.25, 0.3) is 0 Å². The van der Waals surface area contributed by atoms with Gasteiger partial charge in [0.25, 0.3) is 5.91 Å². The van der Waals surface area contributed by atoms with Gasteiger partial charge in [-0.15, -0.1) is 0 Å². The van der Waals surface area contributed by atoms with E-state index in [1.54, 1.807) is 72.8 Å².